The van der Waals surface area contributed by atoms with E-state index in [1.807, 2.05) is 6.92 Å². The third-order valence-electron chi connectivity index (χ3n) is 2.99. The van der Waals surface area contributed by atoms with Crippen molar-refractivity contribution in [2.24, 2.45) is 0 Å². The maximum Gasteiger partial charge on any atom is 0.337 e. The number of aliphatic hydroxyl groups is 1. The second-order valence-corrected chi connectivity index (χ2v) is 5.08. The SMILES string of the molecule is CCc1c2c(cc(Br)c1C(O)C(=O)O)OCCCO2. The van der Waals surface area contributed by atoms with Gasteiger partial charge in [0.2, 0.25) is 0 Å². The van der Waals surface area contributed by atoms with E-state index in [4.69, 9.17) is 14.6 Å². The summed E-state index contributed by atoms with van der Waals surface area (Å²) in [6.07, 6.45) is -0.265. The minimum Gasteiger partial charge on any atom is -0.490 e. The number of ether oxygens (including phenoxy) is 2. The second kappa shape index (κ2) is 5.79. The van der Waals surface area contributed by atoms with Crippen LogP contribution in [0.1, 0.15) is 30.6 Å². The zero-order valence-corrected chi connectivity index (χ0v) is 12.1. The molecule has 0 aliphatic carbocycles. The average molecular weight is 331 g/mol. The molecule has 0 radical (unpaired) electrons. The molecule has 2 N–H and O–H groups in total. The predicted octanol–water partition coefficient (Wildman–Crippen LogP) is 2.29. The summed E-state index contributed by atoms with van der Waals surface area (Å²) in [5, 5.41) is 18.8. The van der Waals surface area contributed by atoms with Crippen LogP contribution in [0.3, 0.4) is 0 Å². The normalized spacial score (nSPS) is 15.7. The standard InChI is InChI=1S/C13H15BrO5/c1-2-7-10(11(15)13(16)17)8(14)6-9-12(7)19-5-3-4-18-9/h6,11,15H,2-5H2,1H3,(H,16,17). The summed E-state index contributed by atoms with van der Waals surface area (Å²) in [7, 11) is 0. The van der Waals surface area contributed by atoms with Gasteiger partial charge < -0.3 is 19.7 Å². The van der Waals surface area contributed by atoms with Crippen LogP contribution in [-0.4, -0.2) is 29.4 Å². The van der Waals surface area contributed by atoms with Crippen LogP contribution in [0.4, 0.5) is 0 Å². The van der Waals surface area contributed by atoms with Gasteiger partial charge >= 0.3 is 5.97 Å². The minimum absolute atomic E-state index is 0.333. The van der Waals surface area contributed by atoms with E-state index in [-0.39, 0.29) is 0 Å². The summed E-state index contributed by atoms with van der Waals surface area (Å²) in [6, 6.07) is 1.65. The molecule has 0 saturated heterocycles. The molecule has 104 valence electrons. The van der Waals surface area contributed by atoms with Gasteiger partial charge in [-0.25, -0.2) is 4.79 Å². The molecule has 1 aliphatic rings. The van der Waals surface area contributed by atoms with Crippen molar-refractivity contribution in [3.63, 3.8) is 0 Å². The van der Waals surface area contributed by atoms with Crippen LogP contribution < -0.4 is 9.47 Å². The number of carboxylic acid groups (broad SMARTS) is 1. The molecule has 1 aromatic carbocycles. The molecule has 1 heterocycles. The van der Waals surface area contributed by atoms with Gasteiger partial charge in [0, 0.05) is 22.0 Å². The number of hydrogen-bond donors (Lipinski definition) is 2. The number of rotatable bonds is 3. The highest BCUT2D eigenvalue weighted by atomic mass is 79.9. The molecule has 1 aliphatic heterocycles. The lowest BCUT2D eigenvalue weighted by Crippen LogP contribution is -2.14. The van der Waals surface area contributed by atoms with Crippen molar-refractivity contribution in [3.8, 4) is 11.5 Å². The molecule has 1 atom stereocenters. The Morgan fingerprint density at radius 1 is 1.47 bits per heavy atom. The zero-order chi connectivity index (χ0) is 14.0. The number of hydrogen-bond acceptors (Lipinski definition) is 4. The van der Waals surface area contributed by atoms with Crippen LogP contribution in [0.2, 0.25) is 0 Å². The number of aliphatic carboxylic acids is 1. The van der Waals surface area contributed by atoms with Crippen molar-refractivity contribution >= 4 is 21.9 Å². The summed E-state index contributed by atoms with van der Waals surface area (Å²) in [5.41, 5.74) is 1.00. The Kier molecular flexibility index (Phi) is 4.31. The molecule has 19 heavy (non-hydrogen) atoms. The number of carbonyl (C=O) groups is 1. The van der Waals surface area contributed by atoms with E-state index < -0.39 is 12.1 Å². The van der Waals surface area contributed by atoms with Gasteiger partial charge in [-0.15, -0.1) is 0 Å². The van der Waals surface area contributed by atoms with E-state index in [9.17, 15) is 9.90 Å². The van der Waals surface area contributed by atoms with Crippen molar-refractivity contribution in [2.45, 2.75) is 25.9 Å². The largest absolute Gasteiger partial charge is 0.490 e. The van der Waals surface area contributed by atoms with Gasteiger partial charge in [-0.3, -0.25) is 0 Å². The van der Waals surface area contributed by atoms with Gasteiger partial charge in [0.25, 0.3) is 0 Å². The number of benzene rings is 1. The lowest BCUT2D eigenvalue weighted by Gasteiger charge is -2.19. The lowest BCUT2D eigenvalue weighted by atomic mass is 9.98. The Balaban J connectivity index is 2.61. The highest BCUT2D eigenvalue weighted by molar-refractivity contribution is 9.10. The quantitative estimate of drug-likeness (QED) is 0.889. The smallest absolute Gasteiger partial charge is 0.337 e. The fraction of sp³-hybridized carbons (Fsp3) is 0.462. The third kappa shape index (κ3) is 2.69. The molecule has 5 nitrogen and oxygen atoms in total. The Morgan fingerprint density at radius 2 is 2.16 bits per heavy atom. The van der Waals surface area contributed by atoms with Gasteiger partial charge in [-0.1, -0.05) is 22.9 Å². The molecule has 0 fully saturated rings. The minimum atomic E-state index is -1.58. The molecule has 0 spiro atoms. The first-order valence-corrected chi connectivity index (χ1v) is 6.87. The summed E-state index contributed by atoms with van der Waals surface area (Å²) in [5.74, 6) is -0.161. The number of aliphatic hydroxyl groups excluding tert-OH is 1. The van der Waals surface area contributed by atoms with Crippen LogP contribution in [-0.2, 0) is 11.2 Å². The molecular weight excluding hydrogens is 316 g/mol. The van der Waals surface area contributed by atoms with Crippen molar-refractivity contribution in [1.82, 2.24) is 0 Å². The monoisotopic (exact) mass is 330 g/mol. The molecule has 6 heteroatoms. The van der Waals surface area contributed by atoms with Gasteiger partial charge in [-0.2, -0.15) is 0 Å². The third-order valence-corrected chi connectivity index (χ3v) is 3.65. The van der Waals surface area contributed by atoms with Crippen LogP contribution in [0, 0.1) is 0 Å². The Bertz CT molecular complexity index is 500. The van der Waals surface area contributed by atoms with E-state index >= 15 is 0 Å². The maximum atomic E-state index is 11.0. The molecule has 0 bridgehead atoms. The van der Waals surface area contributed by atoms with Crippen LogP contribution >= 0.6 is 15.9 Å². The van der Waals surface area contributed by atoms with Crippen molar-refractivity contribution < 1.29 is 24.5 Å². The number of fused-ring (bicyclic) bond motifs is 1. The Morgan fingerprint density at radius 3 is 2.79 bits per heavy atom. The molecular formula is C13H15BrO5. The van der Waals surface area contributed by atoms with Gasteiger partial charge in [0.05, 0.1) is 13.2 Å². The van der Waals surface area contributed by atoms with Crippen molar-refractivity contribution in [1.29, 1.82) is 0 Å². The van der Waals surface area contributed by atoms with Crippen molar-refractivity contribution in [2.75, 3.05) is 13.2 Å². The molecule has 2 rings (SSSR count). The lowest BCUT2D eigenvalue weighted by molar-refractivity contribution is -0.147. The van der Waals surface area contributed by atoms with Crippen LogP contribution in [0.5, 0.6) is 11.5 Å². The first-order valence-electron chi connectivity index (χ1n) is 6.08. The van der Waals surface area contributed by atoms with E-state index in [2.05, 4.69) is 15.9 Å². The Hall–Kier alpha value is -1.27. The highest BCUT2D eigenvalue weighted by Crippen LogP contribution is 2.42. The maximum absolute atomic E-state index is 11.0. The van der Waals surface area contributed by atoms with Crippen molar-refractivity contribution in [3.05, 3.63) is 21.7 Å². The average Bonchev–Trinajstić information content (AvgIpc) is 2.61. The van der Waals surface area contributed by atoms with Crippen LogP contribution in [0.15, 0.2) is 10.5 Å². The summed E-state index contributed by atoms with van der Waals surface area (Å²) in [6.45, 7) is 2.96. The summed E-state index contributed by atoms with van der Waals surface area (Å²) in [4.78, 5) is 11.0. The van der Waals surface area contributed by atoms with Gasteiger partial charge in [0.1, 0.15) is 0 Å². The fourth-order valence-corrected chi connectivity index (χ4v) is 2.79. The van der Waals surface area contributed by atoms with E-state index in [0.29, 0.717) is 46.7 Å². The number of halogens is 1. The first kappa shape index (κ1) is 14.1. The Labute approximate surface area is 119 Å². The molecule has 0 amide bonds. The predicted molar refractivity (Wildman–Crippen MR) is 71.7 cm³/mol. The molecule has 0 saturated carbocycles. The van der Waals surface area contributed by atoms with E-state index in [1.54, 1.807) is 6.07 Å². The van der Waals surface area contributed by atoms with Gasteiger partial charge in [0.15, 0.2) is 17.6 Å². The molecule has 1 aromatic rings. The second-order valence-electron chi connectivity index (χ2n) is 4.22. The topological polar surface area (TPSA) is 76.0 Å². The first-order chi connectivity index (χ1) is 9.06. The molecule has 1 unspecified atom stereocenters. The summed E-state index contributed by atoms with van der Waals surface area (Å²) < 4.78 is 11.7. The highest BCUT2D eigenvalue weighted by Gasteiger charge is 2.27. The zero-order valence-electron chi connectivity index (χ0n) is 10.5. The van der Waals surface area contributed by atoms with E-state index in [0.717, 1.165) is 6.42 Å². The fourth-order valence-electron chi connectivity index (χ4n) is 2.12. The van der Waals surface area contributed by atoms with Crippen LogP contribution in [0.25, 0.3) is 0 Å². The number of carboxylic acids is 1. The van der Waals surface area contributed by atoms with E-state index in [1.165, 1.54) is 0 Å². The molecule has 0 aromatic heterocycles. The summed E-state index contributed by atoms with van der Waals surface area (Å²) >= 11 is 3.30. The van der Waals surface area contributed by atoms with Gasteiger partial charge in [-0.05, 0) is 12.5 Å².